The molecule has 2 aromatic rings. The zero-order valence-electron chi connectivity index (χ0n) is 14.0. The maximum absolute atomic E-state index is 12.9. The van der Waals surface area contributed by atoms with Crippen molar-refractivity contribution >= 4 is 5.91 Å². The molecule has 0 unspecified atom stereocenters. The second-order valence-corrected chi connectivity index (χ2v) is 6.47. The lowest BCUT2D eigenvalue weighted by Crippen LogP contribution is -2.33. The summed E-state index contributed by atoms with van der Waals surface area (Å²) in [4.78, 5) is 12.1. The summed E-state index contributed by atoms with van der Waals surface area (Å²) in [6.07, 6.45) is 3.98. The van der Waals surface area contributed by atoms with Crippen LogP contribution < -0.4 is 10.1 Å². The summed E-state index contributed by atoms with van der Waals surface area (Å²) in [6, 6.07) is 12.3. The molecule has 132 valence electrons. The van der Waals surface area contributed by atoms with Crippen molar-refractivity contribution in [2.45, 2.75) is 31.8 Å². The van der Waals surface area contributed by atoms with Gasteiger partial charge in [0.25, 0.3) is 5.91 Å². The van der Waals surface area contributed by atoms with Gasteiger partial charge in [-0.15, -0.1) is 0 Å². The smallest absolute Gasteiger partial charge is 0.251 e. The molecule has 2 aromatic carbocycles. The van der Waals surface area contributed by atoms with Crippen LogP contribution in [0, 0.1) is 11.7 Å². The topological polar surface area (TPSA) is 58.6 Å². The molecule has 0 saturated heterocycles. The number of hydrogen-bond acceptors (Lipinski definition) is 3. The minimum atomic E-state index is -0.263. The van der Waals surface area contributed by atoms with Crippen molar-refractivity contribution in [2.24, 2.45) is 5.92 Å². The van der Waals surface area contributed by atoms with Crippen molar-refractivity contribution in [3.63, 3.8) is 0 Å². The molecule has 2 N–H and O–H groups in total. The summed E-state index contributed by atoms with van der Waals surface area (Å²) in [6.45, 7) is 0.642. The number of phenols is 1. The molecular formula is C20H22FNO3. The predicted molar refractivity (Wildman–Crippen MR) is 93.2 cm³/mol. The molecule has 1 fully saturated rings. The minimum absolute atomic E-state index is 0.121. The van der Waals surface area contributed by atoms with Crippen molar-refractivity contribution in [1.29, 1.82) is 0 Å². The number of carbonyl (C=O) groups is 1. The molecule has 4 nitrogen and oxygen atoms in total. The van der Waals surface area contributed by atoms with Gasteiger partial charge in [-0.05, 0) is 80.1 Å². The van der Waals surface area contributed by atoms with Crippen LogP contribution in [0.3, 0.4) is 0 Å². The first-order valence-corrected chi connectivity index (χ1v) is 8.59. The molecule has 1 aliphatic rings. The molecule has 5 heteroatoms. The average molecular weight is 343 g/mol. The lowest BCUT2D eigenvalue weighted by atomic mass is 9.87. The Labute approximate surface area is 146 Å². The standard InChI is InChI=1S/C20H22FNO3/c21-16-5-11-19(12-6-16)25-18-9-1-14(2-10-18)13-22-20(24)15-3-7-17(23)8-4-15/h3-8,11-12,14,18,23H,1-2,9-10,13H2,(H,22,24)/t14-,18+. The Balaban J connectivity index is 1.41. The third kappa shape index (κ3) is 4.95. The molecule has 0 aliphatic heterocycles. The molecule has 0 atom stereocenters. The fourth-order valence-corrected chi connectivity index (χ4v) is 3.11. The van der Waals surface area contributed by atoms with Gasteiger partial charge in [0.1, 0.15) is 17.3 Å². The fraction of sp³-hybridized carbons (Fsp3) is 0.350. The normalized spacial score (nSPS) is 20.0. The summed E-state index contributed by atoms with van der Waals surface area (Å²) in [5.41, 5.74) is 0.547. The van der Waals surface area contributed by atoms with Gasteiger partial charge in [0.15, 0.2) is 0 Å². The van der Waals surface area contributed by atoms with Crippen LogP contribution in [0.2, 0.25) is 0 Å². The molecular weight excluding hydrogens is 321 g/mol. The zero-order chi connectivity index (χ0) is 17.6. The molecule has 0 bridgehead atoms. The van der Waals surface area contributed by atoms with Crippen LogP contribution in [0.4, 0.5) is 4.39 Å². The number of halogens is 1. The minimum Gasteiger partial charge on any atom is -0.508 e. The summed E-state index contributed by atoms with van der Waals surface area (Å²) < 4.78 is 18.8. The quantitative estimate of drug-likeness (QED) is 0.866. The first-order chi connectivity index (χ1) is 12.1. The highest BCUT2D eigenvalue weighted by molar-refractivity contribution is 5.94. The van der Waals surface area contributed by atoms with Gasteiger partial charge in [-0.2, -0.15) is 0 Å². The summed E-state index contributed by atoms with van der Waals surface area (Å²) >= 11 is 0. The number of aromatic hydroxyl groups is 1. The third-order valence-corrected chi connectivity index (χ3v) is 4.59. The van der Waals surface area contributed by atoms with E-state index in [0.29, 0.717) is 23.8 Å². The molecule has 25 heavy (non-hydrogen) atoms. The number of phenolic OH excluding ortho intramolecular Hbond substituents is 1. The highest BCUT2D eigenvalue weighted by Gasteiger charge is 2.23. The molecule has 1 saturated carbocycles. The second kappa shape index (κ2) is 8.01. The molecule has 0 spiro atoms. The van der Waals surface area contributed by atoms with Gasteiger partial charge in [-0.25, -0.2) is 4.39 Å². The number of hydrogen-bond donors (Lipinski definition) is 2. The van der Waals surface area contributed by atoms with Crippen LogP contribution in [-0.2, 0) is 0 Å². The van der Waals surface area contributed by atoms with Crippen molar-refractivity contribution in [3.8, 4) is 11.5 Å². The van der Waals surface area contributed by atoms with Crippen molar-refractivity contribution in [3.05, 3.63) is 59.9 Å². The van der Waals surface area contributed by atoms with Crippen molar-refractivity contribution in [1.82, 2.24) is 5.32 Å². The van der Waals surface area contributed by atoms with Crippen LogP contribution in [0.1, 0.15) is 36.0 Å². The van der Waals surface area contributed by atoms with E-state index in [9.17, 15) is 14.3 Å². The van der Waals surface area contributed by atoms with Gasteiger partial charge < -0.3 is 15.2 Å². The van der Waals surface area contributed by atoms with E-state index in [2.05, 4.69) is 5.32 Å². The summed E-state index contributed by atoms with van der Waals surface area (Å²) in [5.74, 6) is 0.903. The number of benzene rings is 2. The van der Waals surface area contributed by atoms with Gasteiger partial charge in [0.2, 0.25) is 0 Å². The predicted octanol–water partition coefficient (Wildman–Crippen LogP) is 3.90. The highest BCUT2D eigenvalue weighted by atomic mass is 19.1. The second-order valence-electron chi connectivity index (χ2n) is 6.47. The Kier molecular flexibility index (Phi) is 5.53. The first-order valence-electron chi connectivity index (χ1n) is 8.59. The van der Waals surface area contributed by atoms with Crippen molar-refractivity contribution < 1.29 is 19.0 Å². The van der Waals surface area contributed by atoms with Gasteiger partial charge in [-0.3, -0.25) is 4.79 Å². The van der Waals surface area contributed by atoms with E-state index in [1.54, 1.807) is 24.3 Å². The van der Waals surface area contributed by atoms with Crippen LogP contribution in [0.5, 0.6) is 11.5 Å². The van der Waals surface area contributed by atoms with E-state index in [1.807, 2.05) is 0 Å². The Hall–Kier alpha value is -2.56. The van der Waals surface area contributed by atoms with Crippen LogP contribution >= 0.6 is 0 Å². The van der Waals surface area contributed by atoms with E-state index in [0.717, 1.165) is 25.7 Å². The zero-order valence-corrected chi connectivity index (χ0v) is 14.0. The molecule has 3 rings (SSSR count). The maximum atomic E-state index is 12.9. The Morgan fingerprint density at radius 1 is 1.04 bits per heavy atom. The number of amides is 1. The molecule has 0 radical (unpaired) electrons. The Morgan fingerprint density at radius 3 is 2.32 bits per heavy atom. The third-order valence-electron chi connectivity index (χ3n) is 4.59. The highest BCUT2D eigenvalue weighted by Crippen LogP contribution is 2.27. The van der Waals surface area contributed by atoms with Gasteiger partial charge in [0, 0.05) is 12.1 Å². The van der Waals surface area contributed by atoms with E-state index in [4.69, 9.17) is 4.74 Å². The molecule has 0 heterocycles. The number of nitrogens with one attached hydrogen (secondary N) is 1. The molecule has 1 aliphatic carbocycles. The van der Waals surface area contributed by atoms with Gasteiger partial charge >= 0.3 is 0 Å². The van der Waals surface area contributed by atoms with Crippen LogP contribution in [0.15, 0.2) is 48.5 Å². The Bertz CT molecular complexity index is 692. The average Bonchev–Trinajstić information content (AvgIpc) is 2.63. The molecule has 1 amide bonds. The van der Waals surface area contributed by atoms with Crippen molar-refractivity contribution in [2.75, 3.05) is 6.54 Å². The van der Waals surface area contributed by atoms with Crippen LogP contribution in [0.25, 0.3) is 0 Å². The van der Waals surface area contributed by atoms with E-state index in [1.165, 1.54) is 24.3 Å². The SMILES string of the molecule is O=C(NC[C@H]1CC[C@@H](Oc2ccc(F)cc2)CC1)c1ccc(O)cc1. The maximum Gasteiger partial charge on any atom is 0.251 e. The number of ether oxygens (including phenoxy) is 1. The number of rotatable bonds is 5. The fourth-order valence-electron chi connectivity index (χ4n) is 3.11. The van der Waals surface area contributed by atoms with Crippen LogP contribution in [-0.4, -0.2) is 23.7 Å². The largest absolute Gasteiger partial charge is 0.508 e. The lowest BCUT2D eigenvalue weighted by Gasteiger charge is -2.29. The number of carbonyl (C=O) groups excluding carboxylic acids is 1. The monoisotopic (exact) mass is 343 g/mol. The van der Waals surface area contributed by atoms with E-state index >= 15 is 0 Å². The Morgan fingerprint density at radius 2 is 1.68 bits per heavy atom. The summed E-state index contributed by atoms with van der Waals surface area (Å²) in [5, 5.41) is 12.2. The summed E-state index contributed by atoms with van der Waals surface area (Å²) in [7, 11) is 0. The van der Waals surface area contributed by atoms with E-state index in [-0.39, 0.29) is 23.6 Å². The lowest BCUT2D eigenvalue weighted by molar-refractivity contribution is 0.0928. The molecule has 0 aromatic heterocycles. The van der Waals surface area contributed by atoms with Gasteiger partial charge in [0.05, 0.1) is 6.10 Å². The first kappa shape index (κ1) is 17.3. The van der Waals surface area contributed by atoms with Gasteiger partial charge in [-0.1, -0.05) is 0 Å². The van der Waals surface area contributed by atoms with E-state index < -0.39 is 0 Å².